The van der Waals surface area contributed by atoms with Crippen LogP contribution in [0.2, 0.25) is 0 Å². The Morgan fingerprint density at radius 3 is 2.24 bits per heavy atom. The normalized spacial score (nSPS) is 11.4. The summed E-state index contributed by atoms with van der Waals surface area (Å²) in [6.07, 6.45) is 1.50. The van der Waals surface area contributed by atoms with Gasteiger partial charge in [0.05, 0.1) is 37.3 Å². The summed E-state index contributed by atoms with van der Waals surface area (Å²) >= 11 is 0. The highest BCUT2D eigenvalue weighted by atomic mass is 32.2. The van der Waals surface area contributed by atoms with Crippen LogP contribution in [-0.2, 0) is 33.4 Å². The number of rotatable bonds is 11. The SMILES string of the molecule is COCCN(Cc1cnc(S(=O)(=O)Cc2ccc(F)cc2)n1Cc1ccccc1)C(=O)c1ccccc1. The number of nitrogens with zero attached hydrogens (tertiary/aromatic N) is 3. The fourth-order valence-electron chi connectivity index (χ4n) is 3.98. The van der Waals surface area contributed by atoms with Gasteiger partial charge in [-0.1, -0.05) is 60.7 Å². The highest BCUT2D eigenvalue weighted by molar-refractivity contribution is 7.90. The van der Waals surface area contributed by atoms with Crippen molar-refractivity contribution >= 4 is 15.7 Å². The van der Waals surface area contributed by atoms with Gasteiger partial charge in [-0.05, 0) is 35.4 Å². The number of hydrogen-bond acceptors (Lipinski definition) is 5. The fourth-order valence-corrected chi connectivity index (χ4v) is 5.47. The van der Waals surface area contributed by atoms with E-state index in [1.54, 1.807) is 40.8 Å². The van der Waals surface area contributed by atoms with E-state index in [1.165, 1.54) is 30.5 Å². The summed E-state index contributed by atoms with van der Waals surface area (Å²) in [5.74, 6) is -0.955. The Labute approximate surface area is 216 Å². The van der Waals surface area contributed by atoms with Gasteiger partial charge in [-0.3, -0.25) is 4.79 Å². The maximum atomic E-state index is 13.4. The fraction of sp³-hybridized carbons (Fsp3) is 0.214. The van der Waals surface area contributed by atoms with Crippen LogP contribution in [-0.4, -0.2) is 49.0 Å². The number of amides is 1. The highest BCUT2D eigenvalue weighted by Gasteiger charge is 2.26. The van der Waals surface area contributed by atoms with Crippen molar-refractivity contribution in [3.8, 4) is 0 Å². The van der Waals surface area contributed by atoms with Gasteiger partial charge in [0.1, 0.15) is 5.82 Å². The first-order chi connectivity index (χ1) is 17.9. The van der Waals surface area contributed by atoms with Crippen LogP contribution in [0.4, 0.5) is 4.39 Å². The van der Waals surface area contributed by atoms with Crippen LogP contribution in [0.5, 0.6) is 0 Å². The molecule has 0 fully saturated rings. The van der Waals surface area contributed by atoms with E-state index in [2.05, 4.69) is 4.98 Å². The minimum absolute atomic E-state index is 0.102. The van der Waals surface area contributed by atoms with E-state index in [9.17, 15) is 17.6 Å². The molecule has 192 valence electrons. The Bertz CT molecular complexity index is 1420. The molecule has 37 heavy (non-hydrogen) atoms. The molecule has 0 unspecified atom stereocenters. The van der Waals surface area contributed by atoms with E-state index in [1.807, 2.05) is 36.4 Å². The van der Waals surface area contributed by atoms with Crippen LogP contribution in [0, 0.1) is 5.82 Å². The van der Waals surface area contributed by atoms with Crippen LogP contribution in [0.1, 0.15) is 27.2 Å². The highest BCUT2D eigenvalue weighted by Crippen LogP contribution is 2.21. The molecule has 0 bridgehead atoms. The van der Waals surface area contributed by atoms with E-state index < -0.39 is 15.7 Å². The van der Waals surface area contributed by atoms with Gasteiger partial charge >= 0.3 is 0 Å². The number of carbonyl (C=O) groups is 1. The monoisotopic (exact) mass is 521 g/mol. The first-order valence-electron chi connectivity index (χ1n) is 11.8. The van der Waals surface area contributed by atoms with Crippen LogP contribution in [0.15, 0.2) is 96.3 Å². The second-order valence-electron chi connectivity index (χ2n) is 8.57. The van der Waals surface area contributed by atoms with Crippen LogP contribution in [0.25, 0.3) is 0 Å². The van der Waals surface area contributed by atoms with E-state index in [-0.39, 0.29) is 29.9 Å². The molecule has 4 aromatic rings. The van der Waals surface area contributed by atoms with Gasteiger partial charge in [-0.2, -0.15) is 0 Å². The minimum Gasteiger partial charge on any atom is -0.383 e. The standard InChI is InChI=1S/C28H28FN3O4S/c1-36-17-16-31(27(33)24-10-6-3-7-11-24)20-26-18-30-28(32(26)19-22-8-4-2-5-9-22)37(34,35)21-23-12-14-25(29)15-13-23/h2-15,18H,16-17,19-21H2,1H3. The van der Waals surface area contributed by atoms with Crippen LogP contribution < -0.4 is 0 Å². The molecule has 4 rings (SSSR count). The first kappa shape index (κ1) is 26.2. The smallest absolute Gasteiger partial charge is 0.254 e. The lowest BCUT2D eigenvalue weighted by Gasteiger charge is -2.23. The predicted molar refractivity (Wildman–Crippen MR) is 138 cm³/mol. The molecular weight excluding hydrogens is 493 g/mol. The molecule has 0 atom stereocenters. The molecule has 1 amide bonds. The van der Waals surface area contributed by atoms with E-state index >= 15 is 0 Å². The third-order valence-electron chi connectivity index (χ3n) is 5.86. The number of halogens is 1. The van der Waals surface area contributed by atoms with Crippen molar-refractivity contribution < 1.29 is 22.3 Å². The number of sulfone groups is 1. The zero-order valence-corrected chi connectivity index (χ0v) is 21.3. The average molecular weight is 522 g/mol. The summed E-state index contributed by atoms with van der Waals surface area (Å²) in [4.78, 5) is 19.2. The molecule has 7 nitrogen and oxygen atoms in total. The van der Waals surface area contributed by atoms with Gasteiger partial charge in [0.2, 0.25) is 15.0 Å². The molecule has 0 radical (unpaired) electrons. The zero-order chi connectivity index (χ0) is 26.3. The first-order valence-corrected chi connectivity index (χ1v) is 13.4. The molecule has 0 spiro atoms. The number of aromatic nitrogens is 2. The molecule has 0 aliphatic carbocycles. The Kier molecular flexibility index (Phi) is 8.47. The summed E-state index contributed by atoms with van der Waals surface area (Å²) in [5.41, 5.74) is 2.44. The molecule has 0 saturated heterocycles. The van der Waals surface area contributed by atoms with E-state index in [0.29, 0.717) is 30.0 Å². The molecule has 0 aliphatic rings. The third-order valence-corrected chi connectivity index (χ3v) is 7.45. The Morgan fingerprint density at radius 1 is 0.946 bits per heavy atom. The predicted octanol–water partition coefficient (Wildman–Crippen LogP) is 4.33. The van der Waals surface area contributed by atoms with Gasteiger partial charge in [0.25, 0.3) is 5.91 Å². The number of ether oxygens (including phenoxy) is 1. The lowest BCUT2D eigenvalue weighted by molar-refractivity contribution is 0.0675. The van der Waals surface area contributed by atoms with Gasteiger partial charge in [-0.15, -0.1) is 0 Å². The lowest BCUT2D eigenvalue weighted by Crippen LogP contribution is -2.34. The topological polar surface area (TPSA) is 81.5 Å². The zero-order valence-electron chi connectivity index (χ0n) is 20.5. The minimum atomic E-state index is -3.88. The molecule has 3 aromatic carbocycles. The summed E-state index contributed by atoms with van der Waals surface area (Å²) < 4.78 is 47.1. The molecule has 1 heterocycles. The van der Waals surface area contributed by atoms with Crippen molar-refractivity contribution in [2.24, 2.45) is 0 Å². The maximum Gasteiger partial charge on any atom is 0.254 e. The van der Waals surface area contributed by atoms with Gasteiger partial charge in [-0.25, -0.2) is 17.8 Å². The molecule has 0 saturated carbocycles. The van der Waals surface area contributed by atoms with Crippen molar-refractivity contribution in [1.82, 2.24) is 14.5 Å². The Morgan fingerprint density at radius 2 is 1.59 bits per heavy atom. The molecular formula is C28H28FN3O4S. The Hall–Kier alpha value is -3.82. The summed E-state index contributed by atoms with van der Waals surface area (Å²) in [6, 6.07) is 23.7. The number of carbonyl (C=O) groups excluding carboxylic acids is 1. The quantitative estimate of drug-likeness (QED) is 0.293. The van der Waals surface area contributed by atoms with Crippen molar-refractivity contribution in [1.29, 1.82) is 0 Å². The van der Waals surface area contributed by atoms with Crippen molar-refractivity contribution in [3.05, 3.63) is 119 Å². The lowest BCUT2D eigenvalue weighted by atomic mass is 10.2. The summed E-state index contributed by atoms with van der Waals surface area (Å²) in [7, 11) is -2.32. The third kappa shape index (κ3) is 6.69. The van der Waals surface area contributed by atoms with Crippen LogP contribution >= 0.6 is 0 Å². The van der Waals surface area contributed by atoms with Gasteiger partial charge in [0.15, 0.2) is 0 Å². The summed E-state index contributed by atoms with van der Waals surface area (Å²) in [5, 5.41) is -0.102. The molecule has 0 aliphatic heterocycles. The number of hydrogen-bond donors (Lipinski definition) is 0. The average Bonchev–Trinajstić information content (AvgIpc) is 3.31. The number of benzene rings is 3. The molecule has 9 heteroatoms. The van der Waals surface area contributed by atoms with Crippen LogP contribution in [0.3, 0.4) is 0 Å². The largest absolute Gasteiger partial charge is 0.383 e. The Balaban J connectivity index is 1.70. The van der Waals surface area contributed by atoms with Gasteiger partial charge < -0.3 is 14.2 Å². The number of methoxy groups -OCH3 is 1. The van der Waals surface area contributed by atoms with E-state index in [4.69, 9.17) is 4.74 Å². The second-order valence-corrected chi connectivity index (χ2v) is 10.5. The maximum absolute atomic E-state index is 13.4. The van der Waals surface area contributed by atoms with Crippen molar-refractivity contribution in [3.63, 3.8) is 0 Å². The van der Waals surface area contributed by atoms with Crippen molar-refractivity contribution in [2.45, 2.75) is 24.0 Å². The van der Waals surface area contributed by atoms with Crippen molar-refractivity contribution in [2.75, 3.05) is 20.3 Å². The second kappa shape index (κ2) is 11.9. The van der Waals surface area contributed by atoms with Gasteiger partial charge in [0, 0.05) is 19.2 Å². The molecule has 0 N–H and O–H groups in total. The number of imidazole rings is 1. The van der Waals surface area contributed by atoms with E-state index in [0.717, 1.165) is 5.56 Å². The summed E-state index contributed by atoms with van der Waals surface area (Å²) in [6.45, 7) is 1.04. The molecule has 1 aromatic heterocycles.